The zero-order valence-electron chi connectivity index (χ0n) is 7.43. The summed E-state index contributed by atoms with van der Waals surface area (Å²) in [7, 11) is 0. The highest BCUT2D eigenvalue weighted by atomic mass is 16.5. The molecule has 0 aromatic carbocycles. The first kappa shape index (κ1) is 10.1. The molecule has 74 valence electrons. The van der Waals surface area contributed by atoms with Gasteiger partial charge in [0, 0.05) is 6.20 Å². The summed E-state index contributed by atoms with van der Waals surface area (Å²) in [4.78, 5) is 28.5. The van der Waals surface area contributed by atoms with Crippen LogP contribution in [0.2, 0.25) is 0 Å². The SMILES string of the molecule is CCOC(=O)c1ccnc(C(=O)O)n1. The maximum absolute atomic E-state index is 11.1. The smallest absolute Gasteiger partial charge is 0.373 e. The van der Waals surface area contributed by atoms with Crippen LogP contribution in [-0.4, -0.2) is 33.6 Å². The Balaban J connectivity index is 2.93. The van der Waals surface area contributed by atoms with Gasteiger partial charge in [-0.1, -0.05) is 0 Å². The molecule has 6 heteroatoms. The predicted octanol–water partition coefficient (Wildman–Crippen LogP) is 0.351. The molecule has 0 spiro atoms. The van der Waals surface area contributed by atoms with E-state index in [2.05, 4.69) is 14.7 Å². The van der Waals surface area contributed by atoms with Gasteiger partial charge >= 0.3 is 11.9 Å². The van der Waals surface area contributed by atoms with E-state index in [0.717, 1.165) is 0 Å². The number of aromatic nitrogens is 2. The molecule has 0 unspecified atom stereocenters. The average molecular weight is 196 g/mol. The summed E-state index contributed by atoms with van der Waals surface area (Å²) < 4.78 is 4.64. The Bertz CT molecular complexity index is 364. The number of ether oxygens (including phenoxy) is 1. The van der Waals surface area contributed by atoms with Crippen molar-refractivity contribution in [2.45, 2.75) is 6.92 Å². The Morgan fingerprint density at radius 2 is 2.29 bits per heavy atom. The highest BCUT2D eigenvalue weighted by Gasteiger charge is 2.12. The number of nitrogens with zero attached hydrogens (tertiary/aromatic N) is 2. The van der Waals surface area contributed by atoms with E-state index in [1.54, 1.807) is 6.92 Å². The van der Waals surface area contributed by atoms with Gasteiger partial charge in [0.05, 0.1) is 6.61 Å². The number of aromatic carboxylic acids is 1. The molecule has 1 N–H and O–H groups in total. The molecular formula is C8H8N2O4. The molecule has 0 saturated heterocycles. The van der Waals surface area contributed by atoms with Crippen LogP contribution < -0.4 is 0 Å². The third-order valence-electron chi connectivity index (χ3n) is 1.33. The highest BCUT2D eigenvalue weighted by Crippen LogP contribution is 1.98. The van der Waals surface area contributed by atoms with Gasteiger partial charge in [-0.15, -0.1) is 0 Å². The van der Waals surface area contributed by atoms with Crippen molar-refractivity contribution in [1.82, 2.24) is 9.97 Å². The van der Waals surface area contributed by atoms with Crippen molar-refractivity contribution in [3.63, 3.8) is 0 Å². The predicted molar refractivity (Wildman–Crippen MR) is 44.9 cm³/mol. The zero-order chi connectivity index (χ0) is 10.6. The Morgan fingerprint density at radius 1 is 1.57 bits per heavy atom. The lowest BCUT2D eigenvalue weighted by Crippen LogP contribution is -2.11. The van der Waals surface area contributed by atoms with Gasteiger partial charge in [0.1, 0.15) is 0 Å². The summed E-state index contributed by atoms with van der Waals surface area (Å²) in [5.74, 6) is -2.36. The lowest BCUT2D eigenvalue weighted by molar-refractivity contribution is 0.0519. The van der Waals surface area contributed by atoms with E-state index in [4.69, 9.17) is 5.11 Å². The first-order chi connectivity index (χ1) is 6.65. The number of carboxylic acid groups (broad SMARTS) is 1. The van der Waals surface area contributed by atoms with E-state index in [1.165, 1.54) is 12.3 Å². The van der Waals surface area contributed by atoms with Gasteiger partial charge in [0.25, 0.3) is 0 Å². The first-order valence-corrected chi connectivity index (χ1v) is 3.88. The van der Waals surface area contributed by atoms with Crippen LogP contribution in [0, 0.1) is 0 Å². The van der Waals surface area contributed by atoms with Gasteiger partial charge in [-0.3, -0.25) is 0 Å². The molecule has 0 bridgehead atoms. The van der Waals surface area contributed by atoms with Gasteiger partial charge in [0.15, 0.2) is 5.69 Å². The van der Waals surface area contributed by atoms with Crippen LogP contribution in [0.1, 0.15) is 28.0 Å². The fraction of sp³-hybridized carbons (Fsp3) is 0.250. The van der Waals surface area contributed by atoms with E-state index in [9.17, 15) is 9.59 Å². The lowest BCUT2D eigenvalue weighted by atomic mass is 10.4. The number of carboxylic acids is 1. The maximum Gasteiger partial charge on any atom is 0.373 e. The quantitative estimate of drug-likeness (QED) is 0.701. The Hall–Kier alpha value is -1.98. The molecule has 0 atom stereocenters. The molecule has 0 aliphatic carbocycles. The highest BCUT2D eigenvalue weighted by molar-refractivity contribution is 5.89. The molecule has 1 rings (SSSR count). The van der Waals surface area contributed by atoms with Crippen molar-refractivity contribution in [1.29, 1.82) is 0 Å². The van der Waals surface area contributed by atoms with Gasteiger partial charge < -0.3 is 9.84 Å². The van der Waals surface area contributed by atoms with E-state index < -0.39 is 17.8 Å². The van der Waals surface area contributed by atoms with Crippen molar-refractivity contribution >= 4 is 11.9 Å². The summed E-state index contributed by atoms with van der Waals surface area (Å²) in [5, 5.41) is 8.54. The van der Waals surface area contributed by atoms with E-state index in [-0.39, 0.29) is 12.3 Å². The fourth-order valence-corrected chi connectivity index (χ4v) is 0.780. The van der Waals surface area contributed by atoms with Crippen LogP contribution >= 0.6 is 0 Å². The maximum atomic E-state index is 11.1. The van der Waals surface area contributed by atoms with E-state index >= 15 is 0 Å². The minimum Gasteiger partial charge on any atom is -0.475 e. The molecule has 0 radical (unpaired) electrons. The van der Waals surface area contributed by atoms with Crippen LogP contribution in [0.15, 0.2) is 12.3 Å². The van der Waals surface area contributed by atoms with Gasteiger partial charge in [-0.2, -0.15) is 0 Å². The van der Waals surface area contributed by atoms with Crippen molar-refractivity contribution in [2.24, 2.45) is 0 Å². The number of esters is 1. The summed E-state index contributed by atoms with van der Waals surface area (Å²) in [6, 6.07) is 1.30. The minimum atomic E-state index is -1.28. The van der Waals surface area contributed by atoms with Crippen molar-refractivity contribution in [3.05, 3.63) is 23.8 Å². The second-order valence-electron chi connectivity index (χ2n) is 2.29. The molecule has 0 saturated carbocycles. The molecular weight excluding hydrogens is 188 g/mol. The van der Waals surface area contributed by atoms with Gasteiger partial charge in [-0.25, -0.2) is 19.6 Å². The second-order valence-corrected chi connectivity index (χ2v) is 2.29. The van der Waals surface area contributed by atoms with Crippen LogP contribution in [0.3, 0.4) is 0 Å². The largest absolute Gasteiger partial charge is 0.475 e. The molecule has 1 aromatic rings. The van der Waals surface area contributed by atoms with E-state index in [0.29, 0.717) is 0 Å². The molecule has 0 aliphatic heterocycles. The van der Waals surface area contributed by atoms with Crippen molar-refractivity contribution in [3.8, 4) is 0 Å². The second kappa shape index (κ2) is 4.31. The summed E-state index contributed by atoms with van der Waals surface area (Å²) in [6.45, 7) is 1.86. The van der Waals surface area contributed by atoms with Crippen LogP contribution in [0.5, 0.6) is 0 Å². The summed E-state index contributed by atoms with van der Waals surface area (Å²) >= 11 is 0. The van der Waals surface area contributed by atoms with Crippen molar-refractivity contribution < 1.29 is 19.4 Å². The first-order valence-electron chi connectivity index (χ1n) is 3.88. The third kappa shape index (κ3) is 2.25. The Morgan fingerprint density at radius 3 is 2.86 bits per heavy atom. The molecule has 1 aromatic heterocycles. The Labute approximate surface area is 79.6 Å². The van der Waals surface area contributed by atoms with Gasteiger partial charge in [0.2, 0.25) is 5.82 Å². The number of hydrogen-bond donors (Lipinski definition) is 1. The third-order valence-corrected chi connectivity index (χ3v) is 1.33. The topological polar surface area (TPSA) is 89.4 Å². The number of carbonyl (C=O) groups excluding carboxylic acids is 1. The fourth-order valence-electron chi connectivity index (χ4n) is 0.780. The minimum absolute atomic E-state index is 0.0562. The number of rotatable bonds is 3. The molecule has 0 fully saturated rings. The molecule has 6 nitrogen and oxygen atoms in total. The molecule has 0 amide bonds. The van der Waals surface area contributed by atoms with Crippen LogP contribution in [0.25, 0.3) is 0 Å². The molecule has 1 heterocycles. The number of hydrogen-bond acceptors (Lipinski definition) is 5. The Kier molecular flexibility index (Phi) is 3.11. The summed E-state index contributed by atoms with van der Waals surface area (Å²) in [6.07, 6.45) is 1.20. The number of carbonyl (C=O) groups is 2. The van der Waals surface area contributed by atoms with Crippen molar-refractivity contribution in [2.75, 3.05) is 6.61 Å². The standard InChI is InChI=1S/C8H8N2O4/c1-2-14-8(13)5-3-4-9-6(10-5)7(11)12/h3-4H,2H2,1H3,(H,11,12). The van der Waals surface area contributed by atoms with Crippen LogP contribution in [0.4, 0.5) is 0 Å². The monoisotopic (exact) mass is 196 g/mol. The molecule has 0 aliphatic rings. The van der Waals surface area contributed by atoms with Gasteiger partial charge in [-0.05, 0) is 13.0 Å². The lowest BCUT2D eigenvalue weighted by Gasteiger charge is -2.00. The van der Waals surface area contributed by atoms with Crippen LogP contribution in [-0.2, 0) is 4.74 Å². The zero-order valence-corrected chi connectivity index (χ0v) is 7.43. The normalized spacial score (nSPS) is 9.50. The van der Waals surface area contributed by atoms with E-state index in [1.807, 2.05) is 0 Å². The molecule has 14 heavy (non-hydrogen) atoms. The average Bonchev–Trinajstić information content (AvgIpc) is 2.18. The summed E-state index contributed by atoms with van der Waals surface area (Å²) in [5.41, 5.74) is -0.0562.